The number of nitrogen functional groups attached to an aromatic ring is 1. The minimum Gasteiger partial charge on any atom is -0.369 e. The number of hydrogen-bond acceptors (Lipinski definition) is 2. The van der Waals surface area contributed by atoms with Gasteiger partial charge in [-0.2, -0.15) is 0 Å². The Bertz CT molecular complexity index is 514. The maximum Gasteiger partial charge on any atom is 0.200 e. The third kappa shape index (κ3) is 2.16. The van der Waals surface area contributed by atoms with E-state index in [1.54, 1.807) is 12.1 Å². The lowest BCUT2D eigenvalue weighted by atomic mass is 10.1. The van der Waals surface area contributed by atoms with E-state index >= 15 is 0 Å². The molecule has 0 spiro atoms. The predicted molar refractivity (Wildman–Crippen MR) is 67.1 cm³/mol. The number of aryl methyl sites for hydroxylation is 1. The highest BCUT2D eigenvalue weighted by molar-refractivity contribution is 5.64. The zero-order chi connectivity index (χ0) is 12.4. The number of rotatable bonds is 3. The van der Waals surface area contributed by atoms with E-state index in [9.17, 15) is 4.39 Å². The van der Waals surface area contributed by atoms with Crippen molar-refractivity contribution in [1.82, 2.24) is 9.55 Å². The molecule has 1 heterocycles. The molecule has 90 valence electrons. The van der Waals surface area contributed by atoms with Crippen molar-refractivity contribution in [3.63, 3.8) is 0 Å². The number of hydrogen-bond donors (Lipinski definition) is 1. The van der Waals surface area contributed by atoms with Crippen molar-refractivity contribution in [3.05, 3.63) is 35.8 Å². The minimum absolute atomic E-state index is 0.235. The molecule has 0 aliphatic carbocycles. The summed E-state index contributed by atoms with van der Waals surface area (Å²) in [5, 5.41) is 0. The largest absolute Gasteiger partial charge is 0.369 e. The highest BCUT2D eigenvalue weighted by atomic mass is 19.1. The predicted octanol–water partition coefficient (Wildman–Crippen LogP) is 2.99. The highest BCUT2D eigenvalue weighted by Gasteiger charge is 2.13. The van der Waals surface area contributed by atoms with Gasteiger partial charge in [0.25, 0.3) is 0 Å². The van der Waals surface area contributed by atoms with E-state index in [4.69, 9.17) is 5.73 Å². The standard InChI is InChI=1S/C13H16FN3/c1-3-8-17-12(9(2)16-13(17)15)10-4-6-11(14)7-5-10/h4-7H,3,8H2,1-2H3,(H2,15,16). The van der Waals surface area contributed by atoms with Crippen LogP contribution in [0.25, 0.3) is 11.3 Å². The minimum atomic E-state index is -0.235. The van der Waals surface area contributed by atoms with Gasteiger partial charge in [-0.25, -0.2) is 9.37 Å². The van der Waals surface area contributed by atoms with Crippen molar-refractivity contribution in [1.29, 1.82) is 0 Å². The Morgan fingerprint density at radius 3 is 2.53 bits per heavy atom. The van der Waals surface area contributed by atoms with E-state index in [-0.39, 0.29) is 5.82 Å². The van der Waals surface area contributed by atoms with E-state index in [2.05, 4.69) is 11.9 Å². The summed E-state index contributed by atoms with van der Waals surface area (Å²) < 4.78 is 14.9. The summed E-state index contributed by atoms with van der Waals surface area (Å²) in [5.74, 6) is 0.282. The van der Waals surface area contributed by atoms with E-state index < -0.39 is 0 Å². The van der Waals surface area contributed by atoms with Gasteiger partial charge in [-0.1, -0.05) is 6.92 Å². The Morgan fingerprint density at radius 2 is 1.94 bits per heavy atom. The second-order valence-electron chi connectivity index (χ2n) is 4.06. The van der Waals surface area contributed by atoms with Crippen molar-refractivity contribution in [3.8, 4) is 11.3 Å². The molecule has 0 bridgehead atoms. The first kappa shape index (κ1) is 11.6. The maximum absolute atomic E-state index is 12.9. The summed E-state index contributed by atoms with van der Waals surface area (Å²) in [6.45, 7) is 4.82. The van der Waals surface area contributed by atoms with Crippen LogP contribution in [0.4, 0.5) is 10.3 Å². The average Bonchev–Trinajstić information content (AvgIpc) is 2.56. The smallest absolute Gasteiger partial charge is 0.200 e. The van der Waals surface area contributed by atoms with Gasteiger partial charge in [-0.15, -0.1) is 0 Å². The quantitative estimate of drug-likeness (QED) is 0.885. The fraction of sp³-hybridized carbons (Fsp3) is 0.308. The normalized spacial score (nSPS) is 10.8. The van der Waals surface area contributed by atoms with E-state index in [1.165, 1.54) is 12.1 Å². The van der Waals surface area contributed by atoms with Crippen LogP contribution < -0.4 is 5.73 Å². The van der Waals surface area contributed by atoms with Crippen LogP contribution in [0.3, 0.4) is 0 Å². The molecule has 1 aromatic carbocycles. The second-order valence-corrected chi connectivity index (χ2v) is 4.06. The van der Waals surface area contributed by atoms with Crippen molar-refractivity contribution in [2.45, 2.75) is 26.8 Å². The summed E-state index contributed by atoms with van der Waals surface area (Å²) >= 11 is 0. The van der Waals surface area contributed by atoms with Gasteiger partial charge in [0.2, 0.25) is 5.95 Å². The molecule has 0 fully saturated rings. The van der Waals surface area contributed by atoms with Gasteiger partial charge < -0.3 is 10.3 Å². The summed E-state index contributed by atoms with van der Waals surface area (Å²) in [7, 11) is 0. The van der Waals surface area contributed by atoms with Crippen LogP contribution in [0.15, 0.2) is 24.3 Å². The number of anilines is 1. The third-order valence-corrected chi connectivity index (χ3v) is 2.74. The van der Waals surface area contributed by atoms with Gasteiger partial charge >= 0.3 is 0 Å². The molecule has 0 aliphatic heterocycles. The third-order valence-electron chi connectivity index (χ3n) is 2.74. The van der Waals surface area contributed by atoms with Crippen LogP contribution in [0.1, 0.15) is 19.0 Å². The number of benzene rings is 1. The van der Waals surface area contributed by atoms with Gasteiger partial charge in [0.05, 0.1) is 11.4 Å². The number of nitrogens with zero attached hydrogens (tertiary/aromatic N) is 2. The second kappa shape index (κ2) is 4.57. The molecular weight excluding hydrogens is 217 g/mol. The number of aromatic nitrogens is 2. The van der Waals surface area contributed by atoms with Gasteiger partial charge in [0.15, 0.2) is 0 Å². The molecule has 0 aliphatic rings. The van der Waals surface area contributed by atoms with E-state index in [0.717, 1.165) is 29.9 Å². The molecule has 17 heavy (non-hydrogen) atoms. The molecule has 4 heteroatoms. The molecule has 1 aromatic heterocycles. The van der Waals surface area contributed by atoms with Gasteiger partial charge in [-0.05, 0) is 37.6 Å². The summed E-state index contributed by atoms with van der Waals surface area (Å²) in [6.07, 6.45) is 0.980. The lowest BCUT2D eigenvalue weighted by Gasteiger charge is -2.09. The average molecular weight is 233 g/mol. The van der Waals surface area contributed by atoms with Crippen molar-refractivity contribution < 1.29 is 4.39 Å². The van der Waals surface area contributed by atoms with Gasteiger partial charge in [-0.3, -0.25) is 0 Å². The van der Waals surface area contributed by atoms with Gasteiger partial charge in [0.1, 0.15) is 5.82 Å². The van der Waals surface area contributed by atoms with Crippen LogP contribution in [0, 0.1) is 12.7 Å². The molecule has 0 atom stereocenters. The Balaban J connectivity index is 2.53. The molecule has 2 aromatic rings. The van der Waals surface area contributed by atoms with Crippen LogP contribution in [0.2, 0.25) is 0 Å². The van der Waals surface area contributed by atoms with E-state index in [0.29, 0.717) is 5.95 Å². The SMILES string of the molecule is CCCn1c(N)nc(C)c1-c1ccc(F)cc1. The zero-order valence-corrected chi connectivity index (χ0v) is 10.1. The van der Waals surface area contributed by atoms with Crippen LogP contribution in [-0.2, 0) is 6.54 Å². The monoisotopic (exact) mass is 233 g/mol. The first-order valence-electron chi connectivity index (χ1n) is 5.72. The topological polar surface area (TPSA) is 43.8 Å². The molecule has 3 nitrogen and oxygen atoms in total. The summed E-state index contributed by atoms with van der Waals surface area (Å²) in [4.78, 5) is 4.28. The molecule has 0 unspecified atom stereocenters. The molecule has 2 rings (SSSR count). The van der Waals surface area contributed by atoms with Crippen LogP contribution in [0.5, 0.6) is 0 Å². The lowest BCUT2D eigenvalue weighted by Crippen LogP contribution is -2.04. The Labute approximate surface area is 100 Å². The number of nitrogens with two attached hydrogens (primary N) is 1. The zero-order valence-electron chi connectivity index (χ0n) is 10.1. The number of imidazole rings is 1. The Morgan fingerprint density at radius 1 is 1.29 bits per heavy atom. The first-order valence-corrected chi connectivity index (χ1v) is 5.72. The van der Waals surface area contributed by atoms with E-state index in [1.807, 2.05) is 11.5 Å². The number of halogens is 1. The summed E-state index contributed by atoms with van der Waals surface area (Å²) in [5.41, 5.74) is 8.67. The Hall–Kier alpha value is -1.84. The first-order chi connectivity index (χ1) is 8.13. The maximum atomic E-state index is 12.9. The summed E-state index contributed by atoms with van der Waals surface area (Å²) in [6, 6.07) is 6.42. The molecule has 0 saturated heterocycles. The Kier molecular flexibility index (Phi) is 3.13. The fourth-order valence-electron chi connectivity index (χ4n) is 2.02. The molecule has 2 N–H and O–H groups in total. The highest BCUT2D eigenvalue weighted by Crippen LogP contribution is 2.26. The van der Waals surface area contributed by atoms with Crippen molar-refractivity contribution >= 4 is 5.95 Å². The lowest BCUT2D eigenvalue weighted by molar-refractivity contribution is 0.628. The molecule has 0 amide bonds. The van der Waals surface area contributed by atoms with Crippen LogP contribution in [-0.4, -0.2) is 9.55 Å². The fourth-order valence-corrected chi connectivity index (χ4v) is 2.02. The van der Waals surface area contributed by atoms with Gasteiger partial charge in [0, 0.05) is 12.1 Å². The van der Waals surface area contributed by atoms with Crippen molar-refractivity contribution in [2.75, 3.05) is 5.73 Å². The molecule has 0 radical (unpaired) electrons. The molecular formula is C13H16FN3. The van der Waals surface area contributed by atoms with Crippen LogP contribution >= 0.6 is 0 Å². The van der Waals surface area contributed by atoms with Crippen molar-refractivity contribution in [2.24, 2.45) is 0 Å². The molecule has 0 saturated carbocycles.